The number of benzene rings is 1. The zero-order chi connectivity index (χ0) is 14.3. The Hall–Kier alpha value is -1.49. The molecule has 1 aromatic carbocycles. The van der Waals surface area contributed by atoms with E-state index in [4.69, 9.17) is 5.11 Å². The molecule has 0 aromatic heterocycles. The van der Waals surface area contributed by atoms with Crippen LogP contribution in [0.4, 0.5) is 0 Å². The van der Waals surface area contributed by atoms with Gasteiger partial charge in [0.05, 0.1) is 5.92 Å². The normalized spacial score (nSPS) is 13.7. The van der Waals surface area contributed by atoms with Gasteiger partial charge in [0.15, 0.2) is 0 Å². The number of rotatable bonds is 8. The van der Waals surface area contributed by atoms with E-state index in [1.807, 2.05) is 30.3 Å². The molecule has 0 aliphatic carbocycles. The molecule has 0 amide bonds. The molecule has 2 unspecified atom stereocenters. The third-order valence-electron chi connectivity index (χ3n) is 3.13. The lowest BCUT2D eigenvalue weighted by Gasteiger charge is -2.22. The number of aliphatic carboxylic acids is 2. The molecule has 5 heteroatoms. The molecule has 0 saturated carbocycles. The van der Waals surface area contributed by atoms with E-state index in [-0.39, 0.29) is 18.8 Å². The van der Waals surface area contributed by atoms with Gasteiger partial charge in [-0.1, -0.05) is 30.3 Å². The first-order valence-electron chi connectivity index (χ1n) is 6.14. The highest BCUT2D eigenvalue weighted by Gasteiger charge is 2.27. The van der Waals surface area contributed by atoms with Crippen molar-refractivity contribution in [3.8, 4) is 0 Å². The fourth-order valence-corrected chi connectivity index (χ4v) is 2.47. The molecular formula is C14H18O4S. The van der Waals surface area contributed by atoms with Gasteiger partial charge in [-0.25, -0.2) is 0 Å². The lowest BCUT2D eigenvalue weighted by Crippen LogP contribution is -2.27. The van der Waals surface area contributed by atoms with Crippen LogP contribution in [0.1, 0.15) is 18.4 Å². The number of carboxylic acid groups (broad SMARTS) is 2. The minimum absolute atomic E-state index is 0.129. The largest absolute Gasteiger partial charge is 0.481 e. The molecule has 2 atom stereocenters. The van der Waals surface area contributed by atoms with Gasteiger partial charge in [-0.3, -0.25) is 9.59 Å². The van der Waals surface area contributed by atoms with Crippen LogP contribution in [0.2, 0.25) is 0 Å². The van der Waals surface area contributed by atoms with E-state index < -0.39 is 17.9 Å². The summed E-state index contributed by atoms with van der Waals surface area (Å²) in [6.45, 7) is 0. The summed E-state index contributed by atoms with van der Waals surface area (Å²) in [7, 11) is 0. The fourth-order valence-electron chi connectivity index (χ4n) is 2.09. The Morgan fingerprint density at radius 1 is 1.16 bits per heavy atom. The summed E-state index contributed by atoms with van der Waals surface area (Å²) in [6.07, 6.45) is 0.611. The average molecular weight is 282 g/mol. The predicted octanol–water partition coefficient (Wildman–Crippen LogP) is 2.34. The standard InChI is InChI=1S/C14H18O4S/c15-13(16)7-6-12(14(17)18)11(9-19)8-10-4-2-1-3-5-10/h1-5,11-12,19H,6-9H2,(H,15,16)(H,17,18). The number of carboxylic acids is 2. The first-order chi connectivity index (χ1) is 9.04. The van der Waals surface area contributed by atoms with E-state index in [1.54, 1.807) is 0 Å². The molecule has 0 saturated heterocycles. The highest BCUT2D eigenvalue weighted by atomic mass is 32.1. The van der Waals surface area contributed by atoms with E-state index in [0.29, 0.717) is 12.2 Å². The molecule has 0 spiro atoms. The Labute approximate surface area is 117 Å². The predicted molar refractivity (Wildman–Crippen MR) is 75.5 cm³/mol. The maximum atomic E-state index is 11.3. The summed E-state index contributed by atoms with van der Waals surface area (Å²) >= 11 is 4.21. The van der Waals surface area contributed by atoms with Gasteiger partial charge in [0, 0.05) is 6.42 Å². The summed E-state index contributed by atoms with van der Waals surface area (Å²) in [5.41, 5.74) is 1.04. The molecule has 0 fully saturated rings. The van der Waals surface area contributed by atoms with Gasteiger partial charge in [0.25, 0.3) is 0 Å². The molecule has 0 radical (unpaired) electrons. The summed E-state index contributed by atoms with van der Waals surface area (Å²) in [5, 5.41) is 17.9. The van der Waals surface area contributed by atoms with Crippen LogP contribution in [0.5, 0.6) is 0 Å². The molecule has 4 nitrogen and oxygen atoms in total. The quantitative estimate of drug-likeness (QED) is 0.640. The Kier molecular flexibility index (Phi) is 6.42. The van der Waals surface area contributed by atoms with Crippen molar-refractivity contribution in [1.82, 2.24) is 0 Å². The van der Waals surface area contributed by atoms with Gasteiger partial charge in [0.1, 0.15) is 0 Å². The summed E-state index contributed by atoms with van der Waals surface area (Å²) < 4.78 is 0. The summed E-state index contributed by atoms with van der Waals surface area (Å²) in [4.78, 5) is 21.9. The second kappa shape index (κ2) is 7.84. The van der Waals surface area contributed by atoms with Gasteiger partial charge in [-0.05, 0) is 30.1 Å². The van der Waals surface area contributed by atoms with Crippen LogP contribution in [0, 0.1) is 11.8 Å². The van der Waals surface area contributed by atoms with Crippen molar-refractivity contribution in [3.63, 3.8) is 0 Å². The monoisotopic (exact) mass is 282 g/mol. The Balaban J connectivity index is 2.73. The zero-order valence-corrected chi connectivity index (χ0v) is 11.4. The molecule has 0 aliphatic rings. The molecule has 2 N–H and O–H groups in total. The molecule has 0 bridgehead atoms. The van der Waals surface area contributed by atoms with Crippen LogP contribution in [0.3, 0.4) is 0 Å². The van der Waals surface area contributed by atoms with Crippen LogP contribution < -0.4 is 0 Å². The summed E-state index contributed by atoms with van der Waals surface area (Å²) in [5.74, 6) is -2.33. The van der Waals surface area contributed by atoms with Crippen molar-refractivity contribution < 1.29 is 19.8 Å². The van der Waals surface area contributed by atoms with E-state index in [1.165, 1.54) is 0 Å². The van der Waals surface area contributed by atoms with Gasteiger partial charge in [-0.2, -0.15) is 12.6 Å². The molecule has 1 aromatic rings. The van der Waals surface area contributed by atoms with Crippen molar-refractivity contribution >= 4 is 24.6 Å². The zero-order valence-electron chi connectivity index (χ0n) is 10.5. The van der Waals surface area contributed by atoms with Crippen molar-refractivity contribution in [2.24, 2.45) is 11.8 Å². The number of thiol groups is 1. The summed E-state index contributed by atoms with van der Waals surface area (Å²) in [6, 6.07) is 9.58. The minimum atomic E-state index is -0.969. The van der Waals surface area contributed by atoms with Crippen molar-refractivity contribution in [1.29, 1.82) is 0 Å². The minimum Gasteiger partial charge on any atom is -0.481 e. The van der Waals surface area contributed by atoms with Crippen molar-refractivity contribution in [3.05, 3.63) is 35.9 Å². The number of hydrogen-bond donors (Lipinski definition) is 3. The van der Waals surface area contributed by atoms with Gasteiger partial charge in [0.2, 0.25) is 0 Å². The fraction of sp³-hybridized carbons (Fsp3) is 0.429. The smallest absolute Gasteiger partial charge is 0.306 e. The molecule has 1 rings (SSSR count). The van der Waals surface area contributed by atoms with Crippen molar-refractivity contribution in [2.45, 2.75) is 19.3 Å². The molecule has 19 heavy (non-hydrogen) atoms. The Morgan fingerprint density at radius 2 is 1.79 bits per heavy atom. The third kappa shape index (κ3) is 5.34. The molecule has 0 aliphatic heterocycles. The van der Waals surface area contributed by atoms with E-state index >= 15 is 0 Å². The molecule has 104 valence electrons. The van der Waals surface area contributed by atoms with Crippen LogP contribution in [0.25, 0.3) is 0 Å². The topological polar surface area (TPSA) is 74.6 Å². The van der Waals surface area contributed by atoms with Crippen LogP contribution in [-0.2, 0) is 16.0 Å². The highest BCUT2D eigenvalue weighted by molar-refractivity contribution is 7.80. The van der Waals surface area contributed by atoms with Gasteiger partial charge < -0.3 is 10.2 Å². The van der Waals surface area contributed by atoms with E-state index in [2.05, 4.69) is 12.6 Å². The molecular weight excluding hydrogens is 264 g/mol. The highest BCUT2D eigenvalue weighted by Crippen LogP contribution is 2.24. The van der Waals surface area contributed by atoms with Gasteiger partial charge in [-0.15, -0.1) is 0 Å². The number of hydrogen-bond acceptors (Lipinski definition) is 3. The number of carbonyl (C=O) groups is 2. The van der Waals surface area contributed by atoms with E-state index in [9.17, 15) is 14.7 Å². The van der Waals surface area contributed by atoms with E-state index in [0.717, 1.165) is 5.56 Å². The second-order valence-electron chi connectivity index (χ2n) is 4.51. The van der Waals surface area contributed by atoms with Crippen LogP contribution in [0.15, 0.2) is 30.3 Å². The maximum absolute atomic E-state index is 11.3. The average Bonchev–Trinajstić information content (AvgIpc) is 2.38. The Morgan fingerprint density at radius 3 is 2.26 bits per heavy atom. The van der Waals surface area contributed by atoms with Crippen LogP contribution >= 0.6 is 12.6 Å². The first-order valence-corrected chi connectivity index (χ1v) is 6.77. The van der Waals surface area contributed by atoms with Crippen LogP contribution in [-0.4, -0.2) is 27.9 Å². The second-order valence-corrected chi connectivity index (χ2v) is 4.87. The third-order valence-corrected chi connectivity index (χ3v) is 3.60. The SMILES string of the molecule is O=C(O)CCC(C(=O)O)C(CS)Cc1ccccc1. The lowest BCUT2D eigenvalue weighted by atomic mass is 9.85. The maximum Gasteiger partial charge on any atom is 0.306 e. The first kappa shape index (κ1) is 15.6. The van der Waals surface area contributed by atoms with Gasteiger partial charge >= 0.3 is 11.9 Å². The lowest BCUT2D eigenvalue weighted by molar-refractivity contribution is -0.144. The Bertz CT molecular complexity index is 419. The van der Waals surface area contributed by atoms with Crippen molar-refractivity contribution in [2.75, 3.05) is 5.75 Å². The molecule has 0 heterocycles.